The molecule has 3 fully saturated rings. The van der Waals surface area contributed by atoms with E-state index in [-0.39, 0.29) is 17.7 Å². The first-order valence-corrected chi connectivity index (χ1v) is 10.1. The first kappa shape index (κ1) is 19.1. The Hall–Kier alpha value is -2.28. The molecule has 7 heteroatoms. The summed E-state index contributed by atoms with van der Waals surface area (Å²) in [7, 11) is 3.14. The molecule has 0 aromatic heterocycles. The summed E-state index contributed by atoms with van der Waals surface area (Å²) in [6.07, 6.45) is 1.46. The minimum atomic E-state index is -0.0372. The van der Waals surface area contributed by atoms with Gasteiger partial charge < -0.3 is 24.6 Å². The van der Waals surface area contributed by atoms with E-state index in [4.69, 9.17) is 9.47 Å². The maximum Gasteiger partial charge on any atom is 0.254 e. The fourth-order valence-corrected chi connectivity index (χ4v) is 4.74. The molecule has 0 bridgehead atoms. The number of likely N-dealkylation sites (tertiary alicyclic amines) is 2. The number of amides is 2. The molecule has 3 aliphatic rings. The lowest BCUT2D eigenvalue weighted by atomic mass is 9.94. The van der Waals surface area contributed by atoms with Crippen LogP contribution in [0.5, 0.6) is 11.5 Å². The SMILES string of the molecule is COc1cc(OC)cc(C(=O)N2CCC(C(=O)N3C[C@H]4CNC[C@H]4C3)CC2)c1. The van der Waals surface area contributed by atoms with Gasteiger partial charge in [-0.05, 0) is 36.8 Å². The number of nitrogens with zero attached hydrogens (tertiary/aromatic N) is 2. The molecule has 2 amide bonds. The number of hydrogen-bond donors (Lipinski definition) is 1. The highest BCUT2D eigenvalue weighted by molar-refractivity contribution is 5.95. The van der Waals surface area contributed by atoms with Gasteiger partial charge in [-0.25, -0.2) is 0 Å². The van der Waals surface area contributed by atoms with Crippen LogP contribution in [-0.4, -0.2) is 75.1 Å². The largest absolute Gasteiger partial charge is 0.497 e. The number of carbonyl (C=O) groups excluding carboxylic acids is 2. The highest BCUT2D eigenvalue weighted by Crippen LogP contribution is 2.30. The monoisotopic (exact) mass is 387 g/mol. The van der Waals surface area contributed by atoms with Crippen LogP contribution < -0.4 is 14.8 Å². The fraction of sp³-hybridized carbons (Fsp3) is 0.619. The van der Waals surface area contributed by atoms with Crippen LogP contribution in [0.2, 0.25) is 0 Å². The number of piperidine rings is 1. The van der Waals surface area contributed by atoms with Crippen molar-refractivity contribution in [2.75, 3.05) is 53.5 Å². The average molecular weight is 387 g/mol. The van der Waals surface area contributed by atoms with E-state index in [2.05, 4.69) is 10.2 Å². The maximum absolute atomic E-state index is 12.9. The highest BCUT2D eigenvalue weighted by Gasteiger charge is 2.40. The number of benzene rings is 1. The third-order valence-corrected chi connectivity index (χ3v) is 6.43. The summed E-state index contributed by atoms with van der Waals surface area (Å²) in [4.78, 5) is 29.7. The average Bonchev–Trinajstić information content (AvgIpc) is 3.34. The molecule has 3 heterocycles. The minimum absolute atomic E-state index is 0.0372. The zero-order chi connectivity index (χ0) is 19.7. The second-order valence-electron chi connectivity index (χ2n) is 8.09. The third kappa shape index (κ3) is 3.68. The molecule has 2 atom stereocenters. The number of rotatable bonds is 4. The molecule has 3 aliphatic heterocycles. The van der Waals surface area contributed by atoms with Gasteiger partial charge in [-0.15, -0.1) is 0 Å². The Labute approximate surface area is 166 Å². The van der Waals surface area contributed by atoms with Crippen molar-refractivity contribution in [3.05, 3.63) is 23.8 Å². The smallest absolute Gasteiger partial charge is 0.254 e. The van der Waals surface area contributed by atoms with E-state index in [1.807, 2.05) is 4.90 Å². The minimum Gasteiger partial charge on any atom is -0.497 e. The molecule has 1 aromatic rings. The van der Waals surface area contributed by atoms with Gasteiger partial charge >= 0.3 is 0 Å². The van der Waals surface area contributed by atoms with Gasteiger partial charge in [-0.2, -0.15) is 0 Å². The number of ether oxygens (including phenoxy) is 2. The molecule has 7 nitrogen and oxygen atoms in total. The summed E-state index contributed by atoms with van der Waals surface area (Å²) in [5, 5.41) is 3.41. The van der Waals surface area contributed by atoms with Gasteiger partial charge in [0.15, 0.2) is 0 Å². The highest BCUT2D eigenvalue weighted by atomic mass is 16.5. The second kappa shape index (κ2) is 7.99. The number of fused-ring (bicyclic) bond motifs is 1. The van der Waals surface area contributed by atoms with Crippen molar-refractivity contribution in [2.24, 2.45) is 17.8 Å². The third-order valence-electron chi connectivity index (χ3n) is 6.43. The van der Waals surface area contributed by atoms with E-state index < -0.39 is 0 Å². The van der Waals surface area contributed by atoms with Crippen molar-refractivity contribution < 1.29 is 19.1 Å². The summed E-state index contributed by atoms with van der Waals surface area (Å²) < 4.78 is 10.5. The van der Waals surface area contributed by atoms with Crippen LogP contribution in [0.4, 0.5) is 0 Å². The Morgan fingerprint density at radius 2 is 1.50 bits per heavy atom. The molecular weight excluding hydrogens is 358 g/mol. The molecule has 1 aromatic carbocycles. The number of methoxy groups -OCH3 is 2. The fourth-order valence-electron chi connectivity index (χ4n) is 4.74. The van der Waals surface area contributed by atoms with E-state index >= 15 is 0 Å². The quantitative estimate of drug-likeness (QED) is 0.842. The molecule has 28 heavy (non-hydrogen) atoms. The van der Waals surface area contributed by atoms with Crippen LogP contribution in [0, 0.1) is 17.8 Å². The Morgan fingerprint density at radius 3 is 2.04 bits per heavy atom. The molecule has 0 unspecified atom stereocenters. The lowest BCUT2D eigenvalue weighted by molar-refractivity contribution is -0.136. The Bertz CT molecular complexity index is 711. The van der Waals surface area contributed by atoms with Crippen LogP contribution in [0.25, 0.3) is 0 Å². The predicted molar refractivity (Wildman–Crippen MR) is 105 cm³/mol. The maximum atomic E-state index is 12.9. The molecule has 0 saturated carbocycles. The normalized spacial score (nSPS) is 24.9. The van der Waals surface area contributed by atoms with Crippen molar-refractivity contribution >= 4 is 11.8 Å². The van der Waals surface area contributed by atoms with Gasteiger partial charge in [0.05, 0.1) is 14.2 Å². The summed E-state index contributed by atoms with van der Waals surface area (Å²) in [5.41, 5.74) is 0.556. The zero-order valence-corrected chi connectivity index (χ0v) is 16.6. The Balaban J connectivity index is 1.35. The van der Waals surface area contributed by atoms with Gasteiger partial charge in [0.1, 0.15) is 11.5 Å². The van der Waals surface area contributed by atoms with Crippen LogP contribution in [0.3, 0.4) is 0 Å². The van der Waals surface area contributed by atoms with Crippen molar-refractivity contribution in [1.82, 2.24) is 15.1 Å². The first-order valence-electron chi connectivity index (χ1n) is 10.1. The zero-order valence-electron chi connectivity index (χ0n) is 16.6. The van der Waals surface area contributed by atoms with Crippen molar-refractivity contribution in [3.63, 3.8) is 0 Å². The molecule has 1 N–H and O–H groups in total. The number of carbonyl (C=O) groups is 2. The van der Waals surface area contributed by atoms with Gasteiger partial charge in [0.25, 0.3) is 5.91 Å². The Kier molecular flexibility index (Phi) is 5.44. The summed E-state index contributed by atoms with van der Waals surface area (Å²) in [6, 6.07) is 5.22. The lowest BCUT2D eigenvalue weighted by Gasteiger charge is -2.33. The summed E-state index contributed by atoms with van der Waals surface area (Å²) in [6.45, 7) is 5.06. The van der Waals surface area contributed by atoms with E-state index in [1.54, 1.807) is 32.4 Å². The first-order chi connectivity index (χ1) is 13.6. The van der Waals surface area contributed by atoms with Crippen molar-refractivity contribution in [1.29, 1.82) is 0 Å². The lowest BCUT2D eigenvalue weighted by Crippen LogP contribution is -2.44. The number of nitrogens with one attached hydrogen (secondary N) is 1. The molecule has 4 rings (SSSR count). The standard InChI is InChI=1S/C21H29N3O4/c1-27-18-7-15(8-19(9-18)28-2)21(26)23-5-3-14(4-6-23)20(25)24-12-16-10-22-11-17(16)13-24/h7-9,14,16-17,22H,3-6,10-13H2,1-2H3/t16-,17+. The van der Waals surface area contributed by atoms with Crippen molar-refractivity contribution in [3.8, 4) is 11.5 Å². The van der Waals surface area contributed by atoms with Gasteiger partial charge in [0, 0.05) is 56.8 Å². The molecule has 152 valence electrons. The Morgan fingerprint density at radius 1 is 0.929 bits per heavy atom. The summed E-state index contributed by atoms with van der Waals surface area (Å²) in [5.74, 6) is 2.72. The van der Waals surface area contributed by atoms with Gasteiger partial charge in [-0.3, -0.25) is 9.59 Å². The van der Waals surface area contributed by atoms with Crippen LogP contribution >= 0.6 is 0 Å². The molecule has 3 saturated heterocycles. The molecule has 0 spiro atoms. The van der Waals surface area contributed by atoms with Crippen LogP contribution in [-0.2, 0) is 4.79 Å². The molecular formula is C21H29N3O4. The second-order valence-corrected chi connectivity index (χ2v) is 8.09. The van der Waals surface area contributed by atoms with E-state index in [0.29, 0.717) is 42.0 Å². The summed E-state index contributed by atoms with van der Waals surface area (Å²) >= 11 is 0. The predicted octanol–water partition coefficient (Wildman–Crippen LogP) is 1.23. The van der Waals surface area contributed by atoms with Gasteiger partial charge in [0.2, 0.25) is 5.91 Å². The van der Waals surface area contributed by atoms with E-state index in [0.717, 1.165) is 39.0 Å². The number of hydrogen-bond acceptors (Lipinski definition) is 5. The molecule has 0 aliphatic carbocycles. The van der Waals surface area contributed by atoms with Crippen LogP contribution in [0.1, 0.15) is 23.2 Å². The van der Waals surface area contributed by atoms with Gasteiger partial charge in [-0.1, -0.05) is 0 Å². The van der Waals surface area contributed by atoms with E-state index in [1.165, 1.54) is 0 Å². The van der Waals surface area contributed by atoms with E-state index in [9.17, 15) is 9.59 Å². The van der Waals surface area contributed by atoms with Crippen molar-refractivity contribution in [2.45, 2.75) is 12.8 Å². The van der Waals surface area contributed by atoms with Crippen LogP contribution in [0.15, 0.2) is 18.2 Å². The topological polar surface area (TPSA) is 71.1 Å². The molecule has 0 radical (unpaired) electrons.